The number of hydrogen-bond donors (Lipinski definition) is 1. The molecule has 124 valence electrons. The van der Waals surface area contributed by atoms with Gasteiger partial charge in [-0.2, -0.15) is 0 Å². The molecule has 0 amide bonds. The lowest BCUT2D eigenvalue weighted by Gasteiger charge is -2.40. The zero-order valence-electron chi connectivity index (χ0n) is 14.5. The standard InChI is InChI=1S/C17H35N3O/c1-14(2)19-8-9-21-17(12-19)13-20(15(3)4)11-16-6-5-7-18-10-16/h14-18H,5-13H2,1-4H3. The van der Waals surface area contributed by atoms with Gasteiger partial charge < -0.3 is 10.1 Å². The molecule has 0 bridgehead atoms. The van der Waals surface area contributed by atoms with E-state index in [0.29, 0.717) is 18.2 Å². The Balaban J connectivity index is 1.83. The molecule has 2 aliphatic heterocycles. The fourth-order valence-electron chi connectivity index (χ4n) is 3.49. The molecule has 0 saturated carbocycles. The summed E-state index contributed by atoms with van der Waals surface area (Å²) in [6.45, 7) is 17.0. The van der Waals surface area contributed by atoms with Crippen molar-refractivity contribution in [2.75, 3.05) is 45.9 Å². The van der Waals surface area contributed by atoms with E-state index in [-0.39, 0.29) is 0 Å². The smallest absolute Gasteiger partial charge is 0.0829 e. The minimum Gasteiger partial charge on any atom is -0.374 e. The molecule has 4 heteroatoms. The minimum atomic E-state index is 0.375. The van der Waals surface area contributed by atoms with E-state index in [1.165, 1.54) is 32.5 Å². The molecule has 0 spiro atoms. The van der Waals surface area contributed by atoms with Crippen LogP contribution in [0.4, 0.5) is 0 Å². The van der Waals surface area contributed by atoms with Crippen molar-refractivity contribution < 1.29 is 4.74 Å². The van der Waals surface area contributed by atoms with Gasteiger partial charge in [-0.05, 0) is 59.5 Å². The van der Waals surface area contributed by atoms with Gasteiger partial charge in [0.2, 0.25) is 0 Å². The third kappa shape index (κ3) is 5.51. The molecule has 2 rings (SSSR count). The Labute approximate surface area is 131 Å². The lowest BCUT2D eigenvalue weighted by molar-refractivity contribution is -0.0573. The summed E-state index contributed by atoms with van der Waals surface area (Å²) in [6, 6.07) is 1.23. The third-order valence-corrected chi connectivity index (χ3v) is 4.96. The number of ether oxygens (including phenoxy) is 1. The van der Waals surface area contributed by atoms with E-state index in [4.69, 9.17) is 4.74 Å². The zero-order chi connectivity index (χ0) is 15.2. The van der Waals surface area contributed by atoms with Gasteiger partial charge in [0.05, 0.1) is 12.7 Å². The Morgan fingerprint density at radius 3 is 2.67 bits per heavy atom. The molecule has 0 aromatic carbocycles. The predicted octanol–water partition coefficient (Wildman–Crippen LogP) is 1.81. The van der Waals surface area contributed by atoms with Crippen molar-refractivity contribution in [1.82, 2.24) is 15.1 Å². The van der Waals surface area contributed by atoms with Crippen LogP contribution in [-0.4, -0.2) is 73.9 Å². The molecular formula is C17H35N3O. The van der Waals surface area contributed by atoms with E-state index in [1.807, 2.05) is 0 Å². The predicted molar refractivity (Wildman–Crippen MR) is 88.8 cm³/mol. The molecule has 4 nitrogen and oxygen atoms in total. The minimum absolute atomic E-state index is 0.375. The number of nitrogens with zero attached hydrogens (tertiary/aromatic N) is 2. The molecule has 2 saturated heterocycles. The summed E-state index contributed by atoms with van der Waals surface area (Å²) < 4.78 is 6.03. The summed E-state index contributed by atoms with van der Waals surface area (Å²) in [6.07, 6.45) is 3.08. The Bertz CT molecular complexity index is 290. The normalized spacial score (nSPS) is 28.7. The maximum Gasteiger partial charge on any atom is 0.0829 e. The number of hydrogen-bond acceptors (Lipinski definition) is 4. The van der Waals surface area contributed by atoms with Crippen LogP contribution in [0.5, 0.6) is 0 Å². The van der Waals surface area contributed by atoms with E-state index in [9.17, 15) is 0 Å². The molecule has 2 heterocycles. The zero-order valence-corrected chi connectivity index (χ0v) is 14.5. The van der Waals surface area contributed by atoms with Gasteiger partial charge in [-0.3, -0.25) is 9.80 Å². The first-order chi connectivity index (χ1) is 10.1. The van der Waals surface area contributed by atoms with Gasteiger partial charge in [-0.15, -0.1) is 0 Å². The first-order valence-corrected chi connectivity index (χ1v) is 8.86. The average Bonchev–Trinajstić information content (AvgIpc) is 2.48. The number of rotatable bonds is 6. The number of nitrogens with one attached hydrogen (secondary N) is 1. The highest BCUT2D eigenvalue weighted by molar-refractivity contribution is 4.80. The maximum atomic E-state index is 6.03. The van der Waals surface area contributed by atoms with Crippen LogP contribution in [-0.2, 0) is 4.74 Å². The summed E-state index contributed by atoms with van der Waals surface area (Å²) in [7, 11) is 0. The number of piperidine rings is 1. The van der Waals surface area contributed by atoms with E-state index in [0.717, 1.165) is 32.2 Å². The maximum absolute atomic E-state index is 6.03. The molecule has 2 aliphatic rings. The molecule has 0 aromatic heterocycles. The van der Waals surface area contributed by atoms with Crippen molar-refractivity contribution in [2.24, 2.45) is 5.92 Å². The lowest BCUT2D eigenvalue weighted by Crippen LogP contribution is -2.52. The summed E-state index contributed by atoms with van der Waals surface area (Å²) in [5, 5.41) is 3.54. The van der Waals surface area contributed by atoms with E-state index in [2.05, 4.69) is 42.8 Å². The summed E-state index contributed by atoms with van der Waals surface area (Å²) in [4.78, 5) is 5.18. The lowest BCUT2D eigenvalue weighted by atomic mass is 9.98. The van der Waals surface area contributed by atoms with Gasteiger partial charge in [-0.25, -0.2) is 0 Å². The van der Waals surface area contributed by atoms with Gasteiger partial charge in [0.15, 0.2) is 0 Å². The molecule has 21 heavy (non-hydrogen) atoms. The van der Waals surface area contributed by atoms with Crippen LogP contribution in [0.3, 0.4) is 0 Å². The van der Waals surface area contributed by atoms with E-state index >= 15 is 0 Å². The van der Waals surface area contributed by atoms with Crippen molar-refractivity contribution in [3.8, 4) is 0 Å². The largest absolute Gasteiger partial charge is 0.374 e. The quantitative estimate of drug-likeness (QED) is 0.809. The van der Waals surface area contributed by atoms with Crippen LogP contribution in [0.1, 0.15) is 40.5 Å². The van der Waals surface area contributed by atoms with Crippen LogP contribution < -0.4 is 5.32 Å². The second kappa shape index (κ2) is 8.47. The van der Waals surface area contributed by atoms with Crippen molar-refractivity contribution in [3.63, 3.8) is 0 Å². The Morgan fingerprint density at radius 2 is 2.05 bits per heavy atom. The van der Waals surface area contributed by atoms with Crippen molar-refractivity contribution in [3.05, 3.63) is 0 Å². The van der Waals surface area contributed by atoms with Crippen LogP contribution in [0.25, 0.3) is 0 Å². The van der Waals surface area contributed by atoms with Crippen LogP contribution in [0.2, 0.25) is 0 Å². The fourth-order valence-corrected chi connectivity index (χ4v) is 3.49. The molecule has 2 fully saturated rings. The molecule has 1 N–H and O–H groups in total. The fraction of sp³-hybridized carbons (Fsp3) is 1.00. The second-order valence-electron chi connectivity index (χ2n) is 7.34. The van der Waals surface area contributed by atoms with E-state index in [1.54, 1.807) is 0 Å². The highest BCUT2D eigenvalue weighted by Crippen LogP contribution is 2.16. The highest BCUT2D eigenvalue weighted by Gasteiger charge is 2.26. The van der Waals surface area contributed by atoms with Gasteiger partial charge in [0, 0.05) is 38.3 Å². The van der Waals surface area contributed by atoms with E-state index < -0.39 is 0 Å². The van der Waals surface area contributed by atoms with Gasteiger partial charge in [-0.1, -0.05) is 0 Å². The SMILES string of the molecule is CC(C)N1CCOC(CN(CC2CCCNC2)C(C)C)C1. The highest BCUT2D eigenvalue weighted by atomic mass is 16.5. The molecule has 0 aliphatic carbocycles. The summed E-state index contributed by atoms with van der Waals surface area (Å²) in [5.74, 6) is 0.811. The summed E-state index contributed by atoms with van der Waals surface area (Å²) >= 11 is 0. The van der Waals surface area contributed by atoms with Gasteiger partial charge in [0.1, 0.15) is 0 Å². The topological polar surface area (TPSA) is 27.7 Å². The first-order valence-electron chi connectivity index (χ1n) is 8.86. The molecular weight excluding hydrogens is 262 g/mol. The van der Waals surface area contributed by atoms with Crippen LogP contribution in [0, 0.1) is 5.92 Å². The molecule has 2 atom stereocenters. The average molecular weight is 297 g/mol. The number of morpholine rings is 1. The Kier molecular flexibility index (Phi) is 6.93. The van der Waals surface area contributed by atoms with Crippen LogP contribution in [0.15, 0.2) is 0 Å². The van der Waals surface area contributed by atoms with Crippen LogP contribution >= 0.6 is 0 Å². The summed E-state index contributed by atoms with van der Waals surface area (Å²) in [5.41, 5.74) is 0. The van der Waals surface area contributed by atoms with Crippen molar-refractivity contribution >= 4 is 0 Å². The molecule has 0 aromatic rings. The third-order valence-electron chi connectivity index (χ3n) is 4.96. The van der Waals surface area contributed by atoms with Gasteiger partial charge in [0.25, 0.3) is 0 Å². The Morgan fingerprint density at radius 1 is 1.24 bits per heavy atom. The van der Waals surface area contributed by atoms with Gasteiger partial charge >= 0.3 is 0 Å². The van der Waals surface area contributed by atoms with Crippen molar-refractivity contribution in [1.29, 1.82) is 0 Å². The monoisotopic (exact) mass is 297 g/mol. The Hall–Kier alpha value is -0.160. The molecule has 0 radical (unpaired) electrons. The first kappa shape index (κ1) is 17.2. The second-order valence-corrected chi connectivity index (χ2v) is 7.34. The van der Waals surface area contributed by atoms with Crippen molar-refractivity contribution in [2.45, 2.75) is 58.7 Å². The molecule has 2 unspecified atom stereocenters.